The van der Waals surface area contributed by atoms with E-state index in [0.29, 0.717) is 72.8 Å². The first-order valence-corrected chi connectivity index (χ1v) is 15.0. The second-order valence-electron chi connectivity index (χ2n) is 11.3. The number of nitrogens with zero attached hydrogens (tertiary/aromatic N) is 6. The van der Waals surface area contributed by atoms with Gasteiger partial charge in [0, 0.05) is 55.0 Å². The van der Waals surface area contributed by atoms with Gasteiger partial charge in [0.2, 0.25) is 5.88 Å². The highest BCUT2D eigenvalue weighted by Gasteiger charge is 2.59. The maximum absolute atomic E-state index is 12.9. The van der Waals surface area contributed by atoms with E-state index in [2.05, 4.69) is 25.3 Å². The molecule has 2 N–H and O–H groups in total. The minimum absolute atomic E-state index is 0.204. The Hall–Kier alpha value is -4.58. The second kappa shape index (κ2) is 11.4. The fourth-order valence-electron chi connectivity index (χ4n) is 6.29. The monoisotopic (exact) mass is 643 g/mol. The number of piperidine rings is 1. The van der Waals surface area contributed by atoms with Crippen LogP contribution in [0.2, 0.25) is 10.0 Å². The number of methoxy groups -OCH3 is 1. The molecule has 1 aliphatic carbocycles. The number of carboxylic acids is 1. The topological polar surface area (TPSA) is 135 Å². The van der Waals surface area contributed by atoms with Crippen molar-refractivity contribution in [2.24, 2.45) is 24.8 Å². The summed E-state index contributed by atoms with van der Waals surface area (Å²) >= 11 is 13.9. The van der Waals surface area contributed by atoms with Gasteiger partial charge in [-0.2, -0.15) is 5.10 Å². The van der Waals surface area contributed by atoms with Gasteiger partial charge in [-0.25, -0.2) is 14.6 Å². The fourth-order valence-corrected chi connectivity index (χ4v) is 6.89. The molecule has 11 nitrogen and oxygen atoms in total. The van der Waals surface area contributed by atoms with Crippen LogP contribution in [0.1, 0.15) is 5.69 Å². The quantitative estimate of drug-likeness (QED) is 0.230. The van der Waals surface area contributed by atoms with Crippen LogP contribution in [0.4, 0.5) is 11.5 Å². The number of hydrogen-bond acceptors (Lipinski definition) is 9. The third kappa shape index (κ3) is 5.16. The minimum atomic E-state index is -0.707. The van der Waals surface area contributed by atoms with E-state index in [-0.39, 0.29) is 23.3 Å². The molecule has 2 atom stereocenters. The number of carbonyl (C=O) groups is 1. The number of aryl methyl sites for hydroxylation is 1. The fraction of sp³-hybridized carbons (Fsp3) is 0.250. The van der Waals surface area contributed by atoms with Crippen molar-refractivity contribution >= 4 is 51.4 Å². The first-order chi connectivity index (χ1) is 21.7. The molecule has 1 saturated carbocycles. The molecular formula is C32H27Cl2N7O4. The number of benzene rings is 2. The van der Waals surface area contributed by atoms with Crippen LogP contribution in [0.15, 0.2) is 65.8 Å². The van der Waals surface area contributed by atoms with Crippen molar-refractivity contribution in [3.63, 3.8) is 0 Å². The Bertz CT molecular complexity index is 2040. The summed E-state index contributed by atoms with van der Waals surface area (Å²) in [6.45, 7) is 1.97. The first kappa shape index (κ1) is 29.1. The van der Waals surface area contributed by atoms with Crippen molar-refractivity contribution in [2.75, 3.05) is 25.5 Å². The Labute approximate surface area is 267 Å². The zero-order chi connectivity index (χ0) is 31.4. The molecule has 0 radical (unpaired) electrons. The molecule has 2 unspecified atom stereocenters. The van der Waals surface area contributed by atoms with Crippen LogP contribution < -0.4 is 15.6 Å². The average Bonchev–Trinajstić information content (AvgIpc) is 3.56. The van der Waals surface area contributed by atoms with Crippen LogP contribution in [0.3, 0.4) is 0 Å². The Balaban J connectivity index is 1.17. The van der Waals surface area contributed by atoms with E-state index in [4.69, 9.17) is 32.9 Å². The van der Waals surface area contributed by atoms with Gasteiger partial charge in [-0.3, -0.25) is 19.5 Å². The standard InChI is InChI=1S/C32H27Cl2N7O4/c1-40-31(42)25-16(11-37-40)9-10-35-29(25)38-22-8-4-6-18(28(22)34)17-5-3-7-19(27(17)33)23-12-36-24(30(39-23)45-2)15-41-13-20-21(14-41)26(20)32(43)44/h3-12,20-21,26H,13-15H2,1-2H3,(H,35,38)(H,43,44). The Morgan fingerprint density at radius 2 is 1.73 bits per heavy atom. The van der Waals surface area contributed by atoms with Gasteiger partial charge < -0.3 is 15.2 Å². The smallest absolute Gasteiger partial charge is 0.307 e. The molecule has 5 aromatic rings. The van der Waals surface area contributed by atoms with E-state index in [1.54, 1.807) is 44.9 Å². The summed E-state index contributed by atoms with van der Waals surface area (Å²) in [5, 5.41) is 18.5. The van der Waals surface area contributed by atoms with Gasteiger partial charge in [-0.1, -0.05) is 53.5 Å². The highest BCUT2D eigenvalue weighted by atomic mass is 35.5. The van der Waals surface area contributed by atoms with E-state index >= 15 is 0 Å². The molecule has 2 fully saturated rings. The van der Waals surface area contributed by atoms with Gasteiger partial charge in [0.05, 0.1) is 52.2 Å². The zero-order valence-corrected chi connectivity index (χ0v) is 25.7. The molecule has 3 aromatic heterocycles. The summed E-state index contributed by atoms with van der Waals surface area (Å²) in [6.07, 6.45) is 4.88. The number of carboxylic acid groups (broad SMARTS) is 1. The maximum atomic E-state index is 12.9. The number of likely N-dealkylation sites (tertiary alicyclic amines) is 1. The average molecular weight is 645 g/mol. The van der Waals surface area contributed by atoms with E-state index < -0.39 is 5.97 Å². The van der Waals surface area contributed by atoms with Gasteiger partial charge in [0.1, 0.15) is 11.5 Å². The van der Waals surface area contributed by atoms with Crippen LogP contribution in [0.25, 0.3) is 33.2 Å². The van der Waals surface area contributed by atoms with Crippen LogP contribution in [-0.2, 0) is 18.4 Å². The lowest BCUT2D eigenvalue weighted by Gasteiger charge is -2.19. The van der Waals surface area contributed by atoms with E-state index in [1.165, 1.54) is 4.68 Å². The van der Waals surface area contributed by atoms with Crippen molar-refractivity contribution in [3.8, 4) is 28.3 Å². The number of aromatic nitrogens is 5. The van der Waals surface area contributed by atoms with Crippen LogP contribution >= 0.6 is 23.2 Å². The molecular weight excluding hydrogens is 617 g/mol. The number of halogens is 2. The van der Waals surface area contributed by atoms with Crippen molar-refractivity contribution in [1.29, 1.82) is 0 Å². The molecule has 45 heavy (non-hydrogen) atoms. The lowest BCUT2D eigenvalue weighted by atomic mass is 10.0. The SMILES string of the molecule is COc1nc(-c2cccc(-c3cccc(Nc4nccc5cnn(C)c(=O)c45)c3Cl)c2Cl)cnc1CN1CC2C(C1)C2C(=O)O. The highest BCUT2D eigenvalue weighted by molar-refractivity contribution is 6.39. The molecule has 2 aromatic carbocycles. The number of hydrogen-bond donors (Lipinski definition) is 2. The van der Waals surface area contributed by atoms with Gasteiger partial charge in [-0.15, -0.1) is 0 Å². The van der Waals surface area contributed by atoms with E-state index in [9.17, 15) is 14.7 Å². The summed E-state index contributed by atoms with van der Waals surface area (Å²) in [5.74, 6) is 0.229. The molecule has 0 bridgehead atoms. The van der Waals surface area contributed by atoms with E-state index in [0.717, 1.165) is 13.1 Å². The number of fused-ring (bicyclic) bond motifs is 2. The number of pyridine rings is 1. The predicted molar refractivity (Wildman–Crippen MR) is 171 cm³/mol. The number of anilines is 2. The van der Waals surface area contributed by atoms with Crippen molar-refractivity contribution in [1.82, 2.24) is 29.6 Å². The summed E-state index contributed by atoms with van der Waals surface area (Å²) in [5.41, 5.74) is 3.49. The Morgan fingerprint density at radius 3 is 2.47 bits per heavy atom. The number of rotatable bonds is 8. The Kier molecular flexibility index (Phi) is 7.39. The molecule has 13 heteroatoms. The van der Waals surface area contributed by atoms with Crippen LogP contribution in [-0.4, -0.2) is 60.9 Å². The van der Waals surface area contributed by atoms with Crippen LogP contribution in [0.5, 0.6) is 5.88 Å². The Morgan fingerprint density at radius 1 is 1.02 bits per heavy atom. The van der Waals surface area contributed by atoms with Gasteiger partial charge in [0.15, 0.2) is 0 Å². The van der Waals surface area contributed by atoms with Gasteiger partial charge in [-0.05, 0) is 24.0 Å². The van der Waals surface area contributed by atoms with Gasteiger partial charge >= 0.3 is 5.97 Å². The normalized spacial score (nSPS) is 19.0. The minimum Gasteiger partial charge on any atom is -0.481 e. The third-order valence-electron chi connectivity index (χ3n) is 8.61. The number of ether oxygens (including phenoxy) is 1. The van der Waals surface area contributed by atoms with Gasteiger partial charge in [0.25, 0.3) is 5.56 Å². The molecule has 0 amide bonds. The number of nitrogens with one attached hydrogen (secondary N) is 1. The molecule has 7 rings (SSSR count). The first-order valence-electron chi connectivity index (χ1n) is 14.3. The molecule has 4 heterocycles. The third-order valence-corrected chi connectivity index (χ3v) is 9.43. The molecule has 1 saturated heterocycles. The highest BCUT2D eigenvalue weighted by Crippen LogP contribution is 2.52. The molecule has 2 aliphatic rings. The lowest BCUT2D eigenvalue weighted by Crippen LogP contribution is -2.26. The predicted octanol–water partition coefficient (Wildman–Crippen LogP) is 5.27. The molecule has 0 spiro atoms. The second-order valence-corrected chi connectivity index (χ2v) is 12.0. The lowest BCUT2D eigenvalue weighted by molar-refractivity contribution is -0.139. The largest absolute Gasteiger partial charge is 0.481 e. The maximum Gasteiger partial charge on any atom is 0.307 e. The zero-order valence-electron chi connectivity index (χ0n) is 24.2. The van der Waals surface area contributed by atoms with E-state index in [1.807, 2.05) is 30.3 Å². The summed E-state index contributed by atoms with van der Waals surface area (Å²) < 4.78 is 6.87. The molecule has 228 valence electrons. The summed E-state index contributed by atoms with van der Waals surface area (Å²) in [4.78, 5) is 40.2. The summed E-state index contributed by atoms with van der Waals surface area (Å²) in [7, 11) is 3.13. The molecule has 1 aliphatic heterocycles. The van der Waals surface area contributed by atoms with Crippen molar-refractivity contribution in [3.05, 3.63) is 87.1 Å². The van der Waals surface area contributed by atoms with Crippen LogP contribution in [0, 0.1) is 17.8 Å². The summed E-state index contributed by atoms with van der Waals surface area (Å²) in [6, 6.07) is 12.8. The van der Waals surface area contributed by atoms with Crippen molar-refractivity contribution < 1.29 is 14.6 Å². The number of aliphatic carboxylic acids is 1. The van der Waals surface area contributed by atoms with Crippen molar-refractivity contribution in [2.45, 2.75) is 6.54 Å².